The summed E-state index contributed by atoms with van der Waals surface area (Å²) in [6.07, 6.45) is 4.71. The molecule has 0 aromatic heterocycles. The summed E-state index contributed by atoms with van der Waals surface area (Å²) in [6.45, 7) is 2.19. The van der Waals surface area contributed by atoms with Crippen molar-refractivity contribution in [3.63, 3.8) is 0 Å². The molecule has 0 radical (unpaired) electrons. The van der Waals surface area contributed by atoms with Crippen molar-refractivity contribution in [2.24, 2.45) is 17.8 Å². The van der Waals surface area contributed by atoms with Crippen molar-refractivity contribution in [3.05, 3.63) is 0 Å². The van der Waals surface area contributed by atoms with Crippen molar-refractivity contribution < 1.29 is 24.4 Å². The third-order valence-electron chi connectivity index (χ3n) is 6.30. The van der Waals surface area contributed by atoms with Gasteiger partial charge in [0.25, 0.3) is 0 Å². The summed E-state index contributed by atoms with van der Waals surface area (Å²) in [5.74, 6) is 0.216. The Labute approximate surface area is 150 Å². The normalized spacial score (nSPS) is 45.8. The Morgan fingerprint density at radius 1 is 1.17 bits per heavy atom. The topological polar surface area (TPSA) is 57.2 Å². The zero-order valence-corrected chi connectivity index (χ0v) is 18.7. The first kappa shape index (κ1) is 19.4. The predicted molar refractivity (Wildman–Crippen MR) is 94.0 cm³/mol. The molecule has 0 aromatic carbocycles. The third kappa shape index (κ3) is 3.29. The van der Waals surface area contributed by atoms with Gasteiger partial charge in [-0.1, -0.05) is 0 Å². The van der Waals surface area contributed by atoms with Gasteiger partial charge in [-0.2, -0.15) is 0 Å². The predicted octanol–water partition coefficient (Wildman–Crippen LogP) is 3.55. The maximum absolute atomic E-state index is 9.55. The zero-order valence-electron chi connectivity index (χ0n) is 15.8. The number of aliphatic hydroxyl groups excluding tert-OH is 1. The van der Waals surface area contributed by atoms with Crippen LogP contribution in [0.4, 0.5) is 0 Å². The Balaban J connectivity index is 1.97. The van der Waals surface area contributed by atoms with Gasteiger partial charge in [-0.25, -0.2) is 0 Å². The SMILES string of the molecule is CO[C@H]1O[C@]2(C)OO[C@]13[C@H](CCO)CCC[C@@H]3C[C@H]2[CH2][Sn]([CH3])([CH3])[CH3]. The van der Waals surface area contributed by atoms with Gasteiger partial charge >= 0.3 is 150 Å². The molecule has 0 amide bonds. The van der Waals surface area contributed by atoms with Gasteiger partial charge in [0, 0.05) is 0 Å². The van der Waals surface area contributed by atoms with Gasteiger partial charge in [0.2, 0.25) is 0 Å². The number of aliphatic hydroxyl groups is 1. The fourth-order valence-electron chi connectivity index (χ4n) is 5.22. The second-order valence-corrected chi connectivity index (χ2v) is 25.0. The van der Waals surface area contributed by atoms with Gasteiger partial charge in [0.1, 0.15) is 0 Å². The van der Waals surface area contributed by atoms with Crippen molar-refractivity contribution in [2.45, 2.75) is 76.0 Å². The number of methoxy groups -OCH3 is 1. The average molecular weight is 449 g/mol. The summed E-state index contributed by atoms with van der Waals surface area (Å²) in [6, 6.07) is 0. The molecule has 6 atom stereocenters. The van der Waals surface area contributed by atoms with E-state index in [-0.39, 0.29) is 12.5 Å². The average Bonchev–Trinajstić information content (AvgIpc) is 2.68. The molecule has 1 spiro atoms. The molecule has 140 valence electrons. The molecule has 3 aliphatic heterocycles. The quantitative estimate of drug-likeness (QED) is 0.514. The van der Waals surface area contributed by atoms with E-state index in [1.54, 1.807) is 7.11 Å². The third-order valence-corrected chi connectivity index (χ3v) is 11.2. The summed E-state index contributed by atoms with van der Waals surface area (Å²) in [4.78, 5) is 19.5. The summed E-state index contributed by atoms with van der Waals surface area (Å²) in [5, 5.41) is 9.55. The molecule has 1 N–H and O–H groups in total. The van der Waals surface area contributed by atoms with E-state index in [0.29, 0.717) is 18.3 Å². The van der Waals surface area contributed by atoms with Crippen LogP contribution in [-0.2, 0) is 19.2 Å². The van der Waals surface area contributed by atoms with E-state index in [0.717, 1.165) is 19.3 Å². The number of ether oxygens (including phenoxy) is 2. The molecule has 4 rings (SSSR count). The molecule has 2 bridgehead atoms. The van der Waals surface area contributed by atoms with Gasteiger partial charge in [-0.15, -0.1) is 0 Å². The Hall–Kier alpha value is 0.599. The Morgan fingerprint density at radius 3 is 2.54 bits per heavy atom. The van der Waals surface area contributed by atoms with Gasteiger partial charge in [0.05, 0.1) is 0 Å². The minimum atomic E-state index is -2.02. The monoisotopic (exact) mass is 450 g/mol. The maximum atomic E-state index is 9.55. The fourth-order valence-corrected chi connectivity index (χ4v) is 11.0. The summed E-state index contributed by atoms with van der Waals surface area (Å²) in [7, 11) is 1.70. The van der Waals surface area contributed by atoms with Crippen molar-refractivity contribution in [1.82, 2.24) is 0 Å². The molecular weight excluding hydrogens is 415 g/mol. The summed E-state index contributed by atoms with van der Waals surface area (Å²) in [5.41, 5.74) is -0.572. The molecule has 3 saturated heterocycles. The molecule has 24 heavy (non-hydrogen) atoms. The Morgan fingerprint density at radius 2 is 1.92 bits per heavy atom. The zero-order chi connectivity index (χ0) is 17.6. The Kier molecular flexibility index (Phi) is 5.62. The fraction of sp³-hybridized carbons (Fsp3) is 1.00. The molecular formula is C18H34O5Sn. The molecule has 5 nitrogen and oxygen atoms in total. The van der Waals surface area contributed by atoms with Gasteiger partial charge < -0.3 is 0 Å². The number of rotatable bonds is 5. The van der Waals surface area contributed by atoms with Gasteiger partial charge in [0.15, 0.2) is 0 Å². The molecule has 0 unspecified atom stereocenters. The van der Waals surface area contributed by atoms with E-state index in [1.165, 1.54) is 10.9 Å². The molecule has 6 heteroatoms. The van der Waals surface area contributed by atoms with E-state index >= 15 is 0 Å². The van der Waals surface area contributed by atoms with Crippen molar-refractivity contribution in [2.75, 3.05) is 13.7 Å². The minimum absolute atomic E-state index is 0.165. The number of fused-ring (bicyclic) bond motifs is 3. The van der Waals surface area contributed by atoms with E-state index < -0.39 is 36.1 Å². The van der Waals surface area contributed by atoms with Crippen molar-refractivity contribution in [3.8, 4) is 0 Å². The standard InChI is InChI=1S/C15H25O5.3CH3.Sn/c1-10-9-12-6-4-5-11(7-8-16)15(12)13(17-3)18-14(10,2)19-20-15;;;;/h10-13,16H,1,4-9H2,2-3H3;3*1H3;/t10-,11+,12-,13+,14-,15+;;;;/m1..../s1. The van der Waals surface area contributed by atoms with E-state index in [4.69, 9.17) is 19.2 Å². The van der Waals surface area contributed by atoms with Crippen LogP contribution in [0.15, 0.2) is 0 Å². The van der Waals surface area contributed by atoms with Crippen LogP contribution in [-0.4, -0.2) is 54.9 Å². The van der Waals surface area contributed by atoms with Crippen LogP contribution in [0.5, 0.6) is 0 Å². The molecule has 1 saturated carbocycles. The van der Waals surface area contributed by atoms with Crippen LogP contribution in [0, 0.1) is 17.8 Å². The van der Waals surface area contributed by atoms with E-state index in [2.05, 4.69) is 14.8 Å². The number of hydrogen-bond acceptors (Lipinski definition) is 5. The first-order chi connectivity index (χ1) is 11.2. The second kappa shape index (κ2) is 6.96. The van der Waals surface area contributed by atoms with Crippen molar-refractivity contribution in [1.29, 1.82) is 0 Å². The van der Waals surface area contributed by atoms with Crippen LogP contribution in [0.2, 0.25) is 19.3 Å². The van der Waals surface area contributed by atoms with Gasteiger partial charge in [-0.3, -0.25) is 0 Å². The van der Waals surface area contributed by atoms with E-state index in [1.807, 2.05) is 6.92 Å². The van der Waals surface area contributed by atoms with Crippen LogP contribution in [0.1, 0.15) is 39.0 Å². The van der Waals surface area contributed by atoms with Gasteiger partial charge in [-0.05, 0) is 0 Å². The summed E-state index contributed by atoms with van der Waals surface area (Å²) < 4.78 is 13.4. The Bertz CT molecular complexity index is 451. The van der Waals surface area contributed by atoms with Crippen LogP contribution >= 0.6 is 0 Å². The first-order valence-electron chi connectivity index (χ1n) is 9.43. The molecule has 3 heterocycles. The molecule has 4 aliphatic rings. The van der Waals surface area contributed by atoms with Crippen LogP contribution < -0.4 is 0 Å². The summed E-state index contributed by atoms with van der Waals surface area (Å²) >= 11 is -2.02. The first-order valence-corrected chi connectivity index (χ1v) is 20.0. The molecule has 0 aromatic rings. The van der Waals surface area contributed by atoms with Crippen LogP contribution in [0.25, 0.3) is 0 Å². The van der Waals surface area contributed by atoms with Crippen molar-refractivity contribution >= 4 is 18.4 Å². The molecule has 1 aliphatic carbocycles. The molecule has 4 fully saturated rings. The van der Waals surface area contributed by atoms with Crippen LogP contribution in [0.3, 0.4) is 0 Å². The number of hydrogen-bond donors (Lipinski definition) is 1. The van der Waals surface area contributed by atoms with E-state index in [9.17, 15) is 5.11 Å². The second-order valence-electron chi connectivity index (χ2n) is 9.26.